The zero-order valence-electron chi connectivity index (χ0n) is 14.8. The summed E-state index contributed by atoms with van der Waals surface area (Å²) in [6.07, 6.45) is 1.53. The first-order valence-corrected chi connectivity index (χ1v) is 8.06. The van der Waals surface area contributed by atoms with E-state index in [9.17, 15) is 9.59 Å². The zero-order chi connectivity index (χ0) is 18.2. The Morgan fingerprint density at radius 3 is 2.64 bits per heavy atom. The Morgan fingerprint density at radius 1 is 1.20 bits per heavy atom. The molecule has 0 fully saturated rings. The lowest BCUT2D eigenvalue weighted by Gasteiger charge is -2.21. The molecule has 0 aliphatic carbocycles. The molecule has 0 unspecified atom stereocenters. The summed E-state index contributed by atoms with van der Waals surface area (Å²) in [5.41, 5.74) is 1.63. The second-order valence-corrected chi connectivity index (χ2v) is 7.00. The lowest BCUT2D eigenvalue weighted by Crippen LogP contribution is -2.35. The monoisotopic (exact) mass is 339 g/mol. The van der Waals surface area contributed by atoms with Gasteiger partial charge in [0.15, 0.2) is 5.52 Å². The minimum absolute atomic E-state index is 0.0522. The van der Waals surface area contributed by atoms with E-state index >= 15 is 0 Å². The van der Waals surface area contributed by atoms with Gasteiger partial charge in [0, 0.05) is 11.8 Å². The molecule has 0 spiro atoms. The van der Waals surface area contributed by atoms with Crippen LogP contribution in [0.5, 0.6) is 5.75 Å². The minimum atomic E-state index is -0.464. The molecular formula is C19H21N3O3. The topological polar surface area (TPSA) is 77.0 Å². The van der Waals surface area contributed by atoms with E-state index in [2.05, 4.69) is 30.7 Å². The smallest absolute Gasteiger partial charge is 0.329 e. The number of fused-ring (bicyclic) bond motifs is 1. The average Bonchev–Trinajstić information content (AvgIpc) is 2.57. The van der Waals surface area contributed by atoms with E-state index in [1.807, 2.05) is 18.2 Å². The van der Waals surface area contributed by atoms with Crippen LogP contribution in [0.3, 0.4) is 0 Å². The van der Waals surface area contributed by atoms with Crippen LogP contribution in [-0.2, 0) is 12.0 Å². The third kappa shape index (κ3) is 3.20. The van der Waals surface area contributed by atoms with Gasteiger partial charge in [-0.15, -0.1) is 0 Å². The van der Waals surface area contributed by atoms with E-state index in [-0.39, 0.29) is 17.5 Å². The highest BCUT2D eigenvalue weighted by molar-refractivity contribution is 5.71. The predicted octanol–water partition coefficient (Wildman–Crippen LogP) is 2.44. The van der Waals surface area contributed by atoms with E-state index in [1.54, 1.807) is 19.2 Å². The van der Waals surface area contributed by atoms with Crippen molar-refractivity contribution in [1.29, 1.82) is 0 Å². The number of nitrogens with zero attached hydrogens (tertiary/aromatic N) is 2. The quantitative estimate of drug-likeness (QED) is 0.795. The van der Waals surface area contributed by atoms with Crippen molar-refractivity contribution in [3.8, 4) is 5.75 Å². The van der Waals surface area contributed by atoms with Crippen LogP contribution >= 0.6 is 0 Å². The first-order chi connectivity index (χ1) is 11.8. The number of H-pyrrole nitrogens is 1. The summed E-state index contributed by atoms with van der Waals surface area (Å²) in [7, 11) is 1.57. The van der Waals surface area contributed by atoms with Crippen molar-refractivity contribution >= 4 is 11.0 Å². The number of aromatic nitrogens is 3. The number of nitrogens with one attached hydrogen (secondary N) is 1. The summed E-state index contributed by atoms with van der Waals surface area (Å²) in [5, 5.41) is 0. The highest BCUT2D eigenvalue weighted by atomic mass is 16.5. The van der Waals surface area contributed by atoms with Gasteiger partial charge < -0.3 is 9.72 Å². The first kappa shape index (κ1) is 17.0. The highest BCUT2D eigenvalue weighted by Gasteiger charge is 2.17. The van der Waals surface area contributed by atoms with E-state index in [1.165, 1.54) is 6.20 Å². The van der Waals surface area contributed by atoms with E-state index < -0.39 is 11.2 Å². The number of rotatable bonds is 3. The molecule has 0 aliphatic rings. The van der Waals surface area contributed by atoms with Crippen LogP contribution in [0.2, 0.25) is 0 Å². The highest BCUT2D eigenvalue weighted by Crippen LogP contribution is 2.28. The maximum atomic E-state index is 12.7. The molecule has 0 aliphatic heterocycles. The van der Waals surface area contributed by atoms with Crippen LogP contribution in [0.15, 0.2) is 46.1 Å². The molecule has 0 saturated carbocycles. The van der Waals surface area contributed by atoms with E-state index in [0.29, 0.717) is 11.3 Å². The third-order valence-electron chi connectivity index (χ3n) is 4.22. The van der Waals surface area contributed by atoms with Crippen molar-refractivity contribution in [2.45, 2.75) is 32.7 Å². The summed E-state index contributed by atoms with van der Waals surface area (Å²) in [6.45, 7) is 6.44. The molecule has 25 heavy (non-hydrogen) atoms. The molecule has 3 aromatic rings. The van der Waals surface area contributed by atoms with Gasteiger partial charge in [0.05, 0.1) is 19.2 Å². The summed E-state index contributed by atoms with van der Waals surface area (Å²) in [6, 6.07) is 9.19. The van der Waals surface area contributed by atoms with E-state index in [0.717, 1.165) is 15.7 Å². The number of benzene rings is 1. The fourth-order valence-electron chi connectivity index (χ4n) is 2.76. The Balaban J connectivity index is 2.16. The average molecular weight is 339 g/mol. The molecule has 2 heterocycles. The Bertz CT molecular complexity index is 1040. The number of methoxy groups -OCH3 is 1. The SMILES string of the molecule is COc1ccc(C(C)(C)C)cc1Cn1c(=O)[nH]c2cccnc2c1=O. The Kier molecular flexibility index (Phi) is 4.20. The molecule has 6 heteroatoms. The molecule has 0 radical (unpaired) electrons. The molecule has 130 valence electrons. The Labute approximate surface area is 145 Å². The number of ether oxygens (including phenoxy) is 1. The first-order valence-electron chi connectivity index (χ1n) is 8.06. The van der Waals surface area contributed by atoms with Gasteiger partial charge >= 0.3 is 5.69 Å². The van der Waals surface area contributed by atoms with E-state index in [4.69, 9.17) is 4.74 Å². The van der Waals surface area contributed by atoms with Crippen LogP contribution in [0, 0.1) is 0 Å². The van der Waals surface area contributed by atoms with Gasteiger partial charge in [-0.3, -0.25) is 9.36 Å². The molecule has 3 rings (SSSR count). The number of pyridine rings is 1. The fourth-order valence-corrected chi connectivity index (χ4v) is 2.76. The number of aromatic amines is 1. The van der Waals surface area contributed by atoms with Crippen molar-refractivity contribution in [3.05, 3.63) is 68.5 Å². The second kappa shape index (κ2) is 6.20. The van der Waals surface area contributed by atoms with Gasteiger partial charge in [-0.2, -0.15) is 0 Å². The molecule has 1 N–H and O–H groups in total. The lowest BCUT2D eigenvalue weighted by atomic mass is 9.86. The minimum Gasteiger partial charge on any atom is -0.496 e. The van der Waals surface area contributed by atoms with Crippen molar-refractivity contribution < 1.29 is 4.74 Å². The van der Waals surface area contributed by atoms with Gasteiger partial charge in [0.2, 0.25) is 0 Å². The normalized spacial score (nSPS) is 11.7. The van der Waals surface area contributed by atoms with Gasteiger partial charge in [-0.25, -0.2) is 9.78 Å². The molecule has 0 atom stereocenters. The van der Waals surface area contributed by atoms with Gasteiger partial charge in [0.1, 0.15) is 5.75 Å². The van der Waals surface area contributed by atoms with Crippen LogP contribution in [0.25, 0.3) is 11.0 Å². The van der Waals surface area contributed by atoms with Crippen molar-refractivity contribution in [2.24, 2.45) is 0 Å². The molecule has 0 bridgehead atoms. The lowest BCUT2D eigenvalue weighted by molar-refractivity contribution is 0.407. The van der Waals surface area contributed by atoms with Gasteiger partial charge in [-0.05, 0) is 35.2 Å². The zero-order valence-corrected chi connectivity index (χ0v) is 14.8. The second-order valence-electron chi connectivity index (χ2n) is 7.00. The fraction of sp³-hybridized carbons (Fsp3) is 0.316. The maximum Gasteiger partial charge on any atom is 0.329 e. The van der Waals surface area contributed by atoms with Crippen LogP contribution in [0.1, 0.15) is 31.9 Å². The van der Waals surface area contributed by atoms with Crippen LogP contribution in [0.4, 0.5) is 0 Å². The predicted molar refractivity (Wildman–Crippen MR) is 97.4 cm³/mol. The largest absolute Gasteiger partial charge is 0.496 e. The summed E-state index contributed by atoms with van der Waals surface area (Å²) in [4.78, 5) is 31.8. The maximum absolute atomic E-state index is 12.7. The van der Waals surface area contributed by atoms with Crippen molar-refractivity contribution in [3.63, 3.8) is 0 Å². The Morgan fingerprint density at radius 2 is 1.96 bits per heavy atom. The van der Waals surface area contributed by atoms with Crippen molar-refractivity contribution in [2.75, 3.05) is 7.11 Å². The number of hydrogen-bond acceptors (Lipinski definition) is 4. The summed E-state index contributed by atoms with van der Waals surface area (Å²) < 4.78 is 6.56. The van der Waals surface area contributed by atoms with Gasteiger partial charge in [-0.1, -0.05) is 26.8 Å². The van der Waals surface area contributed by atoms with Crippen molar-refractivity contribution in [1.82, 2.24) is 14.5 Å². The molecular weight excluding hydrogens is 318 g/mol. The number of hydrogen-bond donors (Lipinski definition) is 1. The van der Waals surface area contributed by atoms with Crippen LogP contribution < -0.4 is 16.0 Å². The summed E-state index contributed by atoms with van der Waals surface area (Å²) in [5.74, 6) is 0.639. The molecule has 1 aromatic carbocycles. The standard InChI is InChI=1S/C19H21N3O3/c1-19(2,3)13-7-8-15(25-4)12(10-13)11-22-17(23)16-14(21-18(22)24)6-5-9-20-16/h5-10H,11H2,1-4H3,(H,21,24). The Hall–Kier alpha value is -2.89. The molecule has 0 saturated heterocycles. The van der Waals surface area contributed by atoms with Gasteiger partial charge in [0.25, 0.3) is 5.56 Å². The van der Waals surface area contributed by atoms with Crippen LogP contribution in [-0.4, -0.2) is 21.6 Å². The molecule has 0 amide bonds. The molecule has 2 aromatic heterocycles. The third-order valence-corrected chi connectivity index (χ3v) is 4.22. The molecule has 6 nitrogen and oxygen atoms in total. The summed E-state index contributed by atoms with van der Waals surface area (Å²) >= 11 is 0.